The van der Waals surface area contributed by atoms with Crippen LogP contribution in [0.25, 0.3) is 0 Å². The van der Waals surface area contributed by atoms with Crippen LogP contribution >= 0.6 is 0 Å². The monoisotopic (exact) mass is 282 g/mol. The first-order valence-corrected chi connectivity index (χ1v) is 6.25. The van der Waals surface area contributed by atoms with Gasteiger partial charge in [0, 0.05) is 12.6 Å². The number of aliphatic hydroxyl groups is 1. The Morgan fingerprint density at radius 1 is 1.55 bits per heavy atom. The zero-order chi connectivity index (χ0) is 15.1. The van der Waals surface area contributed by atoms with Gasteiger partial charge in [0.1, 0.15) is 0 Å². The molecule has 110 valence electrons. The van der Waals surface area contributed by atoms with E-state index in [2.05, 4.69) is 5.32 Å². The topological polar surface area (TPSA) is 102 Å². The summed E-state index contributed by atoms with van der Waals surface area (Å²) in [5.74, 6) is -0.485. The molecule has 1 atom stereocenters. The van der Waals surface area contributed by atoms with Crippen LogP contribution < -0.4 is 10.1 Å². The van der Waals surface area contributed by atoms with Gasteiger partial charge in [-0.05, 0) is 25.8 Å². The lowest BCUT2D eigenvalue weighted by molar-refractivity contribution is -0.385. The van der Waals surface area contributed by atoms with Gasteiger partial charge >= 0.3 is 5.69 Å². The first kappa shape index (κ1) is 15.9. The number of benzene rings is 1. The largest absolute Gasteiger partial charge is 0.490 e. The summed E-state index contributed by atoms with van der Waals surface area (Å²) in [6.45, 7) is 2.06. The maximum Gasteiger partial charge on any atom is 0.311 e. The molecule has 1 aromatic carbocycles. The van der Waals surface area contributed by atoms with Crippen molar-refractivity contribution < 1.29 is 19.6 Å². The number of nitro groups is 1. The van der Waals surface area contributed by atoms with Gasteiger partial charge < -0.3 is 15.2 Å². The van der Waals surface area contributed by atoms with Crippen LogP contribution in [0.5, 0.6) is 5.75 Å². The number of rotatable bonds is 7. The molecule has 7 nitrogen and oxygen atoms in total. The summed E-state index contributed by atoms with van der Waals surface area (Å²) in [5, 5.41) is 22.6. The number of carbonyl (C=O) groups excluding carboxylic acids is 1. The number of nitrogens with zero attached hydrogens (tertiary/aromatic N) is 1. The van der Waals surface area contributed by atoms with Gasteiger partial charge in [0.2, 0.25) is 5.75 Å². The lowest BCUT2D eigenvalue weighted by atomic mass is 10.1. The zero-order valence-corrected chi connectivity index (χ0v) is 11.5. The third-order valence-corrected chi connectivity index (χ3v) is 2.72. The fraction of sp³-hybridized carbons (Fsp3) is 0.462. The van der Waals surface area contributed by atoms with Crippen LogP contribution in [-0.4, -0.2) is 35.7 Å². The van der Waals surface area contributed by atoms with Crippen molar-refractivity contribution in [3.63, 3.8) is 0 Å². The first-order chi connectivity index (χ1) is 9.47. The van der Waals surface area contributed by atoms with Gasteiger partial charge in [-0.15, -0.1) is 0 Å². The number of amides is 1. The molecule has 1 rings (SSSR count). The van der Waals surface area contributed by atoms with Crippen molar-refractivity contribution in [2.45, 2.75) is 25.9 Å². The number of methoxy groups -OCH3 is 1. The lowest BCUT2D eigenvalue weighted by Crippen LogP contribution is -2.25. The predicted molar refractivity (Wildman–Crippen MR) is 72.9 cm³/mol. The fourth-order valence-corrected chi connectivity index (χ4v) is 1.76. The molecule has 0 fully saturated rings. The van der Waals surface area contributed by atoms with Gasteiger partial charge in [-0.25, -0.2) is 0 Å². The highest BCUT2D eigenvalue weighted by atomic mass is 16.6. The summed E-state index contributed by atoms with van der Waals surface area (Å²) < 4.78 is 4.96. The fourth-order valence-electron chi connectivity index (χ4n) is 1.76. The van der Waals surface area contributed by atoms with Crippen LogP contribution in [0.4, 0.5) is 5.69 Å². The second-order valence-electron chi connectivity index (χ2n) is 4.36. The number of carbonyl (C=O) groups is 1. The number of nitrogens with one attached hydrogen (secondary N) is 1. The molecule has 0 spiro atoms. The van der Waals surface area contributed by atoms with E-state index in [1.165, 1.54) is 25.3 Å². The van der Waals surface area contributed by atoms with Crippen molar-refractivity contribution in [1.82, 2.24) is 5.32 Å². The molecule has 7 heteroatoms. The highest BCUT2D eigenvalue weighted by Crippen LogP contribution is 2.30. The number of hydrogen-bond donors (Lipinski definition) is 2. The standard InChI is InChI=1S/C13H18N2O5/c1-9(16)5-4-8-14-13(17)10-6-3-7-11(15(18)19)12(10)20-2/h3,6-7,9,16H,4-5,8H2,1-2H3,(H,14,17). The quantitative estimate of drug-likeness (QED) is 0.448. The number of ether oxygens (including phenoxy) is 1. The molecule has 0 aliphatic heterocycles. The SMILES string of the molecule is COc1c(C(=O)NCCCC(C)O)cccc1[N+](=O)[O-]. The van der Waals surface area contributed by atoms with Crippen LogP contribution in [0.3, 0.4) is 0 Å². The zero-order valence-electron chi connectivity index (χ0n) is 11.5. The van der Waals surface area contributed by atoms with Crippen molar-refractivity contribution in [2.75, 3.05) is 13.7 Å². The van der Waals surface area contributed by atoms with Crippen LogP contribution in [0.2, 0.25) is 0 Å². The minimum Gasteiger partial charge on any atom is -0.490 e. The van der Waals surface area contributed by atoms with Crippen LogP contribution in [0, 0.1) is 10.1 Å². The van der Waals surface area contributed by atoms with Gasteiger partial charge in [-0.2, -0.15) is 0 Å². The summed E-state index contributed by atoms with van der Waals surface area (Å²) >= 11 is 0. The van der Waals surface area contributed by atoms with Gasteiger partial charge in [0.25, 0.3) is 5.91 Å². The summed E-state index contributed by atoms with van der Waals surface area (Å²) in [7, 11) is 1.28. The lowest BCUT2D eigenvalue weighted by Gasteiger charge is -2.10. The van der Waals surface area contributed by atoms with Gasteiger partial charge in [-0.1, -0.05) is 6.07 Å². The van der Waals surface area contributed by atoms with E-state index in [-0.39, 0.29) is 17.0 Å². The van der Waals surface area contributed by atoms with Crippen LogP contribution in [0.15, 0.2) is 18.2 Å². The Balaban J connectivity index is 2.77. The maximum atomic E-state index is 12.0. The highest BCUT2D eigenvalue weighted by molar-refractivity contribution is 5.98. The average Bonchev–Trinajstić information content (AvgIpc) is 2.42. The Morgan fingerprint density at radius 2 is 2.25 bits per heavy atom. The Kier molecular flexibility index (Phi) is 5.92. The summed E-state index contributed by atoms with van der Waals surface area (Å²) in [4.78, 5) is 22.2. The minimum absolute atomic E-state index is 0.0504. The second kappa shape index (κ2) is 7.44. The predicted octanol–water partition coefficient (Wildman–Crippen LogP) is 1.49. The molecule has 0 aromatic heterocycles. The molecule has 1 unspecified atom stereocenters. The van der Waals surface area contributed by atoms with Gasteiger partial charge in [0.05, 0.1) is 23.7 Å². The number of hydrogen-bond acceptors (Lipinski definition) is 5. The molecule has 2 N–H and O–H groups in total. The van der Waals surface area contributed by atoms with E-state index in [1.807, 2.05) is 0 Å². The molecule has 0 radical (unpaired) electrons. The smallest absolute Gasteiger partial charge is 0.311 e. The van der Waals surface area contributed by atoms with Gasteiger partial charge in [-0.3, -0.25) is 14.9 Å². The third-order valence-electron chi connectivity index (χ3n) is 2.72. The van der Waals surface area contributed by atoms with Crippen molar-refractivity contribution in [1.29, 1.82) is 0 Å². The first-order valence-electron chi connectivity index (χ1n) is 6.25. The number of para-hydroxylation sites is 1. The molecular formula is C13H18N2O5. The van der Waals surface area contributed by atoms with E-state index < -0.39 is 16.9 Å². The molecule has 0 bridgehead atoms. The summed E-state index contributed by atoms with van der Waals surface area (Å²) in [5.41, 5.74) is -0.122. The van der Waals surface area contributed by atoms with E-state index in [4.69, 9.17) is 9.84 Å². The summed E-state index contributed by atoms with van der Waals surface area (Å²) in [6.07, 6.45) is 0.784. The van der Waals surface area contributed by atoms with E-state index >= 15 is 0 Å². The number of aliphatic hydroxyl groups excluding tert-OH is 1. The van der Waals surface area contributed by atoms with Crippen LogP contribution in [-0.2, 0) is 0 Å². The molecule has 0 aliphatic rings. The molecule has 0 heterocycles. The van der Waals surface area contributed by atoms with E-state index in [0.29, 0.717) is 19.4 Å². The second-order valence-corrected chi connectivity index (χ2v) is 4.36. The van der Waals surface area contributed by atoms with E-state index in [1.54, 1.807) is 6.92 Å². The number of nitro benzene ring substituents is 1. The molecule has 1 amide bonds. The Morgan fingerprint density at radius 3 is 2.80 bits per heavy atom. The van der Waals surface area contributed by atoms with Crippen molar-refractivity contribution in [3.8, 4) is 5.75 Å². The molecule has 0 saturated heterocycles. The Bertz CT molecular complexity index is 488. The summed E-state index contributed by atoms with van der Waals surface area (Å²) in [6, 6.07) is 4.18. The molecule has 1 aromatic rings. The van der Waals surface area contributed by atoms with Crippen LogP contribution in [0.1, 0.15) is 30.1 Å². The minimum atomic E-state index is -0.594. The van der Waals surface area contributed by atoms with Crippen molar-refractivity contribution >= 4 is 11.6 Å². The third kappa shape index (κ3) is 4.20. The van der Waals surface area contributed by atoms with Crippen molar-refractivity contribution in [3.05, 3.63) is 33.9 Å². The van der Waals surface area contributed by atoms with Gasteiger partial charge in [0.15, 0.2) is 0 Å². The van der Waals surface area contributed by atoms with E-state index in [9.17, 15) is 14.9 Å². The molecule has 20 heavy (non-hydrogen) atoms. The molecule has 0 saturated carbocycles. The molecular weight excluding hydrogens is 264 g/mol. The molecule has 0 aliphatic carbocycles. The average molecular weight is 282 g/mol. The Labute approximate surface area is 116 Å². The highest BCUT2D eigenvalue weighted by Gasteiger charge is 2.22. The maximum absolute atomic E-state index is 12.0. The van der Waals surface area contributed by atoms with E-state index in [0.717, 1.165) is 0 Å². The Hall–Kier alpha value is -2.15. The normalized spacial score (nSPS) is 11.8. The van der Waals surface area contributed by atoms with Crippen molar-refractivity contribution in [2.24, 2.45) is 0 Å².